The van der Waals surface area contributed by atoms with Gasteiger partial charge in [-0.2, -0.15) is 0 Å². The SMILES string of the molecule is COc1cc(CO)cc2oc(-c3ccc([N+](=O)[O-])cc3)cc12. The molecule has 0 saturated heterocycles. The molecule has 0 atom stereocenters. The molecule has 0 saturated carbocycles. The normalized spacial score (nSPS) is 10.8. The molecule has 0 radical (unpaired) electrons. The first-order valence-electron chi connectivity index (χ1n) is 6.58. The van der Waals surface area contributed by atoms with Gasteiger partial charge < -0.3 is 14.3 Å². The van der Waals surface area contributed by atoms with Crippen LogP contribution < -0.4 is 4.74 Å². The third-order valence-corrected chi connectivity index (χ3v) is 3.42. The number of hydrogen-bond donors (Lipinski definition) is 1. The van der Waals surface area contributed by atoms with Gasteiger partial charge in [-0.15, -0.1) is 0 Å². The lowest BCUT2D eigenvalue weighted by Crippen LogP contribution is -1.87. The largest absolute Gasteiger partial charge is 0.496 e. The second-order valence-electron chi connectivity index (χ2n) is 4.78. The van der Waals surface area contributed by atoms with E-state index in [0.29, 0.717) is 22.7 Å². The highest BCUT2D eigenvalue weighted by molar-refractivity contribution is 5.89. The lowest BCUT2D eigenvalue weighted by Gasteiger charge is -2.03. The highest BCUT2D eigenvalue weighted by Gasteiger charge is 2.13. The average molecular weight is 299 g/mol. The molecule has 2 aromatic carbocycles. The number of methoxy groups -OCH3 is 1. The number of nitro benzene ring substituents is 1. The van der Waals surface area contributed by atoms with E-state index in [9.17, 15) is 15.2 Å². The van der Waals surface area contributed by atoms with Crippen LogP contribution in [0.3, 0.4) is 0 Å². The van der Waals surface area contributed by atoms with Crippen molar-refractivity contribution in [3.63, 3.8) is 0 Å². The Hall–Kier alpha value is -2.86. The quantitative estimate of drug-likeness (QED) is 0.588. The Kier molecular flexibility index (Phi) is 3.52. The molecular weight excluding hydrogens is 286 g/mol. The highest BCUT2D eigenvalue weighted by Crippen LogP contribution is 2.35. The Labute approximate surface area is 125 Å². The summed E-state index contributed by atoms with van der Waals surface area (Å²) < 4.78 is 11.1. The fourth-order valence-corrected chi connectivity index (χ4v) is 2.31. The second kappa shape index (κ2) is 5.50. The van der Waals surface area contributed by atoms with Gasteiger partial charge in [0.15, 0.2) is 0 Å². The summed E-state index contributed by atoms with van der Waals surface area (Å²) in [7, 11) is 1.55. The summed E-state index contributed by atoms with van der Waals surface area (Å²) in [6.45, 7) is -0.111. The maximum atomic E-state index is 10.7. The molecule has 0 fully saturated rings. The van der Waals surface area contributed by atoms with Crippen molar-refractivity contribution < 1.29 is 19.2 Å². The monoisotopic (exact) mass is 299 g/mol. The number of hydrogen-bond acceptors (Lipinski definition) is 5. The Morgan fingerprint density at radius 3 is 2.55 bits per heavy atom. The van der Waals surface area contributed by atoms with Crippen molar-refractivity contribution in [2.75, 3.05) is 7.11 Å². The van der Waals surface area contributed by atoms with Gasteiger partial charge in [0, 0.05) is 17.7 Å². The van der Waals surface area contributed by atoms with Crippen molar-refractivity contribution in [3.05, 3.63) is 58.1 Å². The van der Waals surface area contributed by atoms with Crippen molar-refractivity contribution in [3.8, 4) is 17.1 Å². The first-order valence-corrected chi connectivity index (χ1v) is 6.58. The van der Waals surface area contributed by atoms with Gasteiger partial charge in [-0.25, -0.2) is 0 Å². The molecular formula is C16H13NO5. The zero-order valence-electron chi connectivity index (χ0n) is 11.8. The lowest BCUT2D eigenvalue weighted by atomic mass is 10.1. The van der Waals surface area contributed by atoms with Gasteiger partial charge in [0.05, 0.1) is 24.0 Å². The Morgan fingerprint density at radius 2 is 1.95 bits per heavy atom. The van der Waals surface area contributed by atoms with Crippen LogP contribution in [0.5, 0.6) is 5.75 Å². The lowest BCUT2D eigenvalue weighted by molar-refractivity contribution is -0.384. The summed E-state index contributed by atoms with van der Waals surface area (Å²) >= 11 is 0. The molecule has 0 aliphatic carbocycles. The molecule has 0 spiro atoms. The fourth-order valence-electron chi connectivity index (χ4n) is 2.31. The molecule has 112 valence electrons. The number of nitro groups is 1. The predicted molar refractivity (Wildman–Crippen MR) is 80.8 cm³/mol. The number of ether oxygens (including phenoxy) is 1. The van der Waals surface area contributed by atoms with Gasteiger partial charge in [-0.05, 0) is 35.9 Å². The zero-order valence-corrected chi connectivity index (χ0v) is 11.8. The second-order valence-corrected chi connectivity index (χ2v) is 4.78. The van der Waals surface area contributed by atoms with Crippen LogP contribution in [0.25, 0.3) is 22.3 Å². The van der Waals surface area contributed by atoms with Crippen LogP contribution in [0.1, 0.15) is 5.56 Å². The van der Waals surface area contributed by atoms with Crippen LogP contribution in [-0.4, -0.2) is 17.1 Å². The van der Waals surface area contributed by atoms with Crippen molar-refractivity contribution in [2.24, 2.45) is 0 Å². The molecule has 22 heavy (non-hydrogen) atoms. The van der Waals surface area contributed by atoms with E-state index < -0.39 is 4.92 Å². The van der Waals surface area contributed by atoms with Crippen LogP contribution >= 0.6 is 0 Å². The van der Waals surface area contributed by atoms with Gasteiger partial charge in [0.1, 0.15) is 17.1 Å². The molecule has 1 aromatic heterocycles. The summed E-state index contributed by atoms with van der Waals surface area (Å²) in [6.07, 6.45) is 0. The minimum atomic E-state index is -0.445. The van der Waals surface area contributed by atoms with Crippen molar-refractivity contribution in [1.29, 1.82) is 0 Å². The highest BCUT2D eigenvalue weighted by atomic mass is 16.6. The topological polar surface area (TPSA) is 85.7 Å². The van der Waals surface area contributed by atoms with Crippen LogP contribution in [0.2, 0.25) is 0 Å². The number of non-ortho nitro benzene ring substituents is 1. The fraction of sp³-hybridized carbons (Fsp3) is 0.125. The van der Waals surface area contributed by atoms with E-state index in [-0.39, 0.29) is 12.3 Å². The van der Waals surface area contributed by atoms with Crippen molar-refractivity contribution >= 4 is 16.7 Å². The van der Waals surface area contributed by atoms with Gasteiger partial charge in [0.2, 0.25) is 0 Å². The molecule has 0 amide bonds. The third kappa shape index (κ3) is 2.40. The molecule has 6 nitrogen and oxygen atoms in total. The summed E-state index contributed by atoms with van der Waals surface area (Å²) in [6, 6.07) is 11.4. The van der Waals surface area contributed by atoms with Gasteiger partial charge >= 0.3 is 0 Å². The van der Waals surface area contributed by atoms with Gasteiger partial charge in [-0.1, -0.05) is 0 Å². The van der Waals surface area contributed by atoms with Crippen LogP contribution in [-0.2, 0) is 6.61 Å². The number of aliphatic hydroxyl groups is 1. The minimum Gasteiger partial charge on any atom is -0.496 e. The van der Waals surface area contributed by atoms with Crippen LogP contribution in [0.4, 0.5) is 5.69 Å². The summed E-state index contributed by atoms with van der Waals surface area (Å²) in [4.78, 5) is 10.2. The number of nitrogens with zero attached hydrogens (tertiary/aromatic N) is 1. The number of rotatable bonds is 4. The zero-order chi connectivity index (χ0) is 15.7. The molecule has 3 rings (SSSR count). The maximum absolute atomic E-state index is 10.7. The Bertz CT molecular complexity index is 836. The molecule has 1 heterocycles. The minimum absolute atomic E-state index is 0.0278. The molecule has 0 unspecified atom stereocenters. The first-order chi connectivity index (χ1) is 10.6. The summed E-state index contributed by atoms with van der Waals surface area (Å²) in [5.41, 5.74) is 2.04. The third-order valence-electron chi connectivity index (χ3n) is 3.42. The van der Waals surface area contributed by atoms with E-state index in [1.54, 1.807) is 31.4 Å². The van der Waals surface area contributed by atoms with Crippen molar-refractivity contribution in [2.45, 2.75) is 6.61 Å². The van der Waals surface area contributed by atoms with Crippen molar-refractivity contribution in [1.82, 2.24) is 0 Å². The summed E-state index contributed by atoms with van der Waals surface area (Å²) in [5.74, 6) is 1.19. The molecule has 0 aliphatic heterocycles. The number of benzene rings is 2. The molecule has 3 aromatic rings. The molecule has 6 heteroatoms. The van der Waals surface area contributed by atoms with E-state index in [0.717, 1.165) is 10.9 Å². The molecule has 0 aliphatic rings. The predicted octanol–water partition coefficient (Wildman–Crippen LogP) is 3.51. The smallest absolute Gasteiger partial charge is 0.269 e. The number of furan rings is 1. The van der Waals surface area contributed by atoms with Crippen LogP contribution in [0.15, 0.2) is 46.9 Å². The Morgan fingerprint density at radius 1 is 1.23 bits per heavy atom. The van der Waals surface area contributed by atoms with Gasteiger partial charge in [0.25, 0.3) is 5.69 Å². The van der Waals surface area contributed by atoms with E-state index in [2.05, 4.69) is 0 Å². The Balaban J connectivity index is 2.09. The number of aliphatic hydroxyl groups excluding tert-OH is 1. The maximum Gasteiger partial charge on any atom is 0.269 e. The standard InChI is InChI=1S/C16H13NO5/c1-21-15-6-10(9-18)7-16-13(15)8-14(22-16)11-2-4-12(5-3-11)17(19)20/h2-8,18H,9H2,1H3. The van der Waals surface area contributed by atoms with Gasteiger partial charge in [-0.3, -0.25) is 10.1 Å². The first kappa shape index (κ1) is 14.1. The molecule has 1 N–H and O–H groups in total. The van der Waals surface area contributed by atoms with Crippen LogP contribution in [0, 0.1) is 10.1 Å². The average Bonchev–Trinajstić information content (AvgIpc) is 2.97. The molecule has 0 bridgehead atoms. The van der Waals surface area contributed by atoms with E-state index in [4.69, 9.17) is 9.15 Å². The van der Waals surface area contributed by atoms with E-state index >= 15 is 0 Å². The summed E-state index contributed by atoms with van der Waals surface area (Å²) in [5, 5.41) is 20.7. The number of fused-ring (bicyclic) bond motifs is 1. The van der Waals surface area contributed by atoms with E-state index in [1.165, 1.54) is 12.1 Å². The van der Waals surface area contributed by atoms with E-state index in [1.807, 2.05) is 6.07 Å².